The van der Waals surface area contributed by atoms with Gasteiger partial charge in [0, 0.05) is 62.1 Å². The maximum absolute atomic E-state index is 9.10. The Balaban J connectivity index is 0.000000619. The summed E-state index contributed by atoms with van der Waals surface area (Å²) in [5, 5.41) is 36.8. The van der Waals surface area contributed by atoms with Crippen LogP contribution in [0.1, 0.15) is 62.5 Å². The molecule has 0 spiro atoms. The van der Waals surface area contributed by atoms with Crippen molar-refractivity contribution in [1.82, 2.24) is 10.6 Å². The van der Waals surface area contributed by atoms with Crippen LogP contribution >= 0.6 is 21.6 Å². The molecule has 0 atom stereocenters. The highest BCUT2D eigenvalue weighted by molar-refractivity contribution is 8.76. The van der Waals surface area contributed by atoms with Gasteiger partial charge in [0.15, 0.2) is 0 Å². The van der Waals surface area contributed by atoms with Crippen molar-refractivity contribution in [2.45, 2.75) is 64.2 Å². The zero-order valence-electron chi connectivity index (χ0n) is 28.9. The number of aliphatic carboxylic acids is 4. The fourth-order valence-electron chi connectivity index (χ4n) is 5.69. The fourth-order valence-corrected chi connectivity index (χ4v) is 7.58. The molecule has 2 heterocycles. The number of carbonyl (C=O) groups is 4. The van der Waals surface area contributed by atoms with Crippen LogP contribution in [0.3, 0.4) is 0 Å². The molecule has 6 N–H and O–H groups in total. The van der Waals surface area contributed by atoms with Gasteiger partial charge in [-0.15, -0.1) is 0 Å². The Kier molecular flexibility index (Phi) is 22.5. The Morgan fingerprint density at radius 3 is 1.26 bits per heavy atom. The predicted molar refractivity (Wildman–Crippen MR) is 203 cm³/mol. The summed E-state index contributed by atoms with van der Waals surface area (Å²) < 4.78 is 0. The molecule has 50 heavy (non-hydrogen) atoms. The average molecular weight is 735 g/mol. The van der Waals surface area contributed by atoms with Gasteiger partial charge in [0.1, 0.15) is 0 Å². The molecule has 2 aromatic rings. The normalized spacial score (nSPS) is 12.6. The molecule has 0 saturated carbocycles. The summed E-state index contributed by atoms with van der Waals surface area (Å²) in [5.74, 6) is -4.88. The summed E-state index contributed by atoms with van der Waals surface area (Å²) in [5.41, 5.74) is 6.02. The first-order valence-electron chi connectivity index (χ1n) is 17.4. The summed E-state index contributed by atoms with van der Waals surface area (Å²) in [6.07, 6.45) is 13.1. The number of hydrogen-bond acceptors (Lipinski definition) is 10. The molecule has 0 unspecified atom stereocenters. The minimum atomic E-state index is -1.82. The monoisotopic (exact) mass is 734 g/mol. The molecule has 0 fully saturated rings. The van der Waals surface area contributed by atoms with Crippen molar-refractivity contribution in [2.75, 3.05) is 73.7 Å². The molecule has 12 nitrogen and oxygen atoms in total. The largest absolute Gasteiger partial charge is 0.473 e. The number of carboxylic acids is 4. The van der Waals surface area contributed by atoms with E-state index in [0.717, 1.165) is 13.1 Å². The van der Waals surface area contributed by atoms with Crippen LogP contribution in [0.25, 0.3) is 0 Å². The van der Waals surface area contributed by atoms with E-state index in [2.05, 4.69) is 69.0 Å². The summed E-state index contributed by atoms with van der Waals surface area (Å²) >= 11 is 0. The molecular weight excluding hydrogens is 681 g/mol. The van der Waals surface area contributed by atoms with Crippen LogP contribution < -0.4 is 20.4 Å². The summed E-state index contributed by atoms with van der Waals surface area (Å²) in [6.45, 7) is 9.49. The van der Waals surface area contributed by atoms with Crippen molar-refractivity contribution in [3.05, 3.63) is 59.7 Å². The Labute approximate surface area is 303 Å². The van der Waals surface area contributed by atoms with E-state index < -0.39 is 23.9 Å². The molecule has 0 saturated heterocycles. The maximum Gasteiger partial charge on any atom is 0.414 e. The Morgan fingerprint density at radius 1 is 0.520 bits per heavy atom. The number of hydrogen-bond donors (Lipinski definition) is 6. The molecule has 2 aromatic carbocycles. The van der Waals surface area contributed by atoms with Gasteiger partial charge in [0.2, 0.25) is 0 Å². The van der Waals surface area contributed by atoms with Crippen LogP contribution in [0.4, 0.5) is 11.4 Å². The van der Waals surface area contributed by atoms with Crippen molar-refractivity contribution in [3.63, 3.8) is 0 Å². The Morgan fingerprint density at radius 2 is 0.880 bits per heavy atom. The molecule has 2 aliphatic rings. The van der Waals surface area contributed by atoms with Crippen LogP contribution in [0.15, 0.2) is 48.5 Å². The summed E-state index contributed by atoms with van der Waals surface area (Å²) in [6, 6.07) is 17.8. The summed E-state index contributed by atoms with van der Waals surface area (Å²) in [7, 11) is 4.04. The quantitative estimate of drug-likeness (QED) is 0.0566. The van der Waals surface area contributed by atoms with Crippen molar-refractivity contribution in [2.24, 2.45) is 0 Å². The van der Waals surface area contributed by atoms with Gasteiger partial charge in [0.25, 0.3) is 0 Å². The van der Waals surface area contributed by atoms with Gasteiger partial charge in [-0.05, 0) is 74.9 Å². The second-order valence-electron chi connectivity index (χ2n) is 11.9. The van der Waals surface area contributed by atoms with Gasteiger partial charge < -0.3 is 40.9 Å². The molecule has 0 aromatic heterocycles. The third-order valence-corrected chi connectivity index (χ3v) is 10.6. The van der Waals surface area contributed by atoms with Gasteiger partial charge in [-0.3, -0.25) is 0 Å². The lowest BCUT2D eigenvalue weighted by atomic mass is 10.1. The molecule has 278 valence electrons. The maximum atomic E-state index is 9.10. The molecular formula is C36H54N4O8S2. The lowest BCUT2D eigenvalue weighted by molar-refractivity contribution is -0.159. The number of nitrogens with one attached hydrogen (secondary N) is 2. The Hall–Kier alpha value is -3.46. The zero-order chi connectivity index (χ0) is 36.4. The minimum Gasteiger partial charge on any atom is -0.473 e. The van der Waals surface area contributed by atoms with Crippen LogP contribution in [0, 0.1) is 0 Å². The third-order valence-electron chi connectivity index (χ3n) is 8.20. The SMILES string of the molecule is O=C(O)C(=O)O.O=C(O)C(=O)O.c1ccc2c(c1)CCN2CCCCCCNCCSSCCNCCCCCCN1CCc2ccccc21. The van der Waals surface area contributed by atoms with Gasteiger partial charge >= 0.3 is 23.9 Å². The topological polar surface area (TPSA) is 180 Å². The highest BCUT2D eigenvalue weighted by atomic mass is 33.1. The van der Waals surface area contributed by atoms with Crippen molar-refractivity contribution < 1.29 is 39.6 Å². The lowest BCUT2D eigenvalue weighted by Gasteiger charge is -2.19. The van der Waals surface area contributed by atoms with E-state index in [1.807, 2.05) is 21.6 Å². The predicted octanol–water partition coefficient (Wildman–Crippen LogP) is 5.10. The van der Waals surface area contributed by atoms with Crippen LogP contribution in [-0.2, 0) is 32.0 Å². The highest BCUT2D eigenvalue weighted by Gasteiger charge is 2.18. The molecule has 0 radical (unpaired) electrons. The molecule has 14 heteroatoms. The van der Waals surface area contributed by atoms with E-state index in [9.17, 15) is 0 Å². The number of anilines is 2. The number of benzene rings is 2. The lowest BCUT2D eigenvalue weighted by Crippen LogP contribution is -2.22. The number of carboxylic acid groups (broad SMARTS) is 4. The number of nitrogens with zero attached hydrogens (tertiary/aromatic N) is 2. The zero-order valence-corrected chi connectivity index (χ0v) is 30.5. The van der Waals surface area contributed by atoms with E-state index in [0.29, 0.717) is 0 Å². The second kappa shape index (κ2) is 26.4. The molecule has 0 bridgehead atoms. The Bertz CT molecular complexity index is 1180. The van der Waals surface area contributed by atoms with Crippen LogP contribution in [-0.4, -0.2) is 108 Å². The molecule has 0 aliphatic carbocycles. The molecule has 0 amide bonds. The minimum absolute atomic E-state index is 1.14. The standard InChI is InChI=1S/C32H50N4S2.2C2H2O4/c1(3-11-23-35-25-17-29-13-5-7-15-31(29)35)9-19-33-21-27-37-38-28-22-34-20-10-2-4-12-24-36-26-18-30-14-6-8-16-32(30)36;2*3-1(4)2(5)6/h5-8,13-16,33-34H,1-4,9-12,17-28H2;2*(H,3,4)(H,5,6). The number of para-hydroxylation sites is 2. The third kappa shape index (κ3) is 18.5. The number of unbranched alkanes of at least 4 members (excludes halogenated alkanes) is 6. The number of fused-ring (bicyclic) bond motifs is 2. The number of rotatable bonds is 21. The van der Waals surface area contributed by atoms with Gasteiger partial charge in [-0.1, -0.05) is 83.7 Å². The van der Waals surface area contributed by atoms with Crippen LogP contribution in [0.2, 0.25) is 0 Å². The smallest absolute Gasteiger partial charge is 0.414 e. The van der Waals surface area contributed by atoms with E-state index in [1.54, 1.807) is 0 Å². The van der Waals surface area contributed by atoms with Crippen LogP contribution in [0.5, 0.6) is 0 Å². The van der Waals surface area contributed by atoms with Gasteiger partial charge in [0.05, 0.1) is 0 Å². The van der Waals surface area contributed by atoms with Crippen molar-refractivity contribution in [3.8, 4) is 0 Å². The summed E-state index contributed by atoms with van der Waals surface area (Å²) in [4.78, 5) is 41.6. The first kappa shape index (κ1) is 42.7. The van der Waals surface area contributed by atoms with E-state index in [4.69, 9.17) is 39.6 Å². The van der Waals surface area contributed by atoms with Gasteiger partial charge in [-0.2, -0.15) is 0 Å². The van der Waals surface area contributed by atoms with E-state index in [-0.39, 0.29) is 0 Å². The van der Waals surface area contributed by atoms with Gasteiger partial charge in [-0.25, -0.2) is 19.2 Å². The first-order valence-corrected chi connectivity index (χ1v) is 19.9. The second-order valence-corrected chi connectivity index (χ2v) is 14.6. The van der Waals surface area contributed by atoms with Crippen molar-refractivity contribution in [1.29, 1.82) is 0 Å². The fraction of sp³-hybridized carbons (Fsp3) is 0.556. The van der Waals surface area contributed by atoms with E-state index in [1.165, 1.54) is 137 Å². The first-order chi connectivity index (χ1) is 24.2. The molecule has 2 aliphatic heterocycles. The van der Waals surface area contributed by atoms with Crippen molar-refractivity contribution >= 4 is 56.8 Å². The average Bonchev–Trinajstić information content (AvgIpc) is 3.72. The highest BCUT2D eigenvalue weighted by Crippen LogP contribution is 2.28. The van der Waals surface area contributed by atoms with E-state index >= 15 is 0 Å². The molecule has 4 rings (SSSR count).